The molecule has 1 unspecified atom stereocenters. The summed E-state index contributed by atoms with van der Waals surface area (Å²) < 4.78 is 10.9. The van der Waals surface area contributed by atoms with Gasteiger partial charge in [-0.25, -0.2) is 4.79 Å². The molecular weight excluding hydrogens is 276 g/mol. The van der Waals surface area contributed by atoms with E-state index >= 15 is 0 Å². The minimum atomic E-state index is -0.666. The van der Waals surface area contributed by atoms with Crippen molar-refractivity contribution in [3.63, 3.8) is 0 Å². The summed E-state index contributed by atoms with van der Waals surface area (Å²) in [6.45, 7) is 6.86. The van der Waals surface area contributed by atoms with Crippen molar-refractivity contribution in [1.29, 1.82) is 0 Å². The van der Waals surface area contributed by atoms with Gasteiger partial charge in [-0.1, -0.05) is 55.1 Å². The summed E-state index contributed by atoms with van der Waals surface area (Å²) in [5.74, 6) is 0.265. The van der Waals surface area contributed by atoms with Crippen LogP contribution in [0.15, 0.2) is 66.7 Å². The number of ether oxygens (including phenoxy) is 2. The predicted molar refractivity (Wildman–Crippen MR) is 86.7 cm³/mol. The van der Waals surface area contributed by atoms with Crippen LogP contribution in [0.25, 0.3) is 0 Å². The molecule has 0 aromatic heterocycles. The number of benzene rings is 2. The fraction of sp³-hybridized carbons (Fsp3) is 0.211. The molecule has 22 heavy (non-hydrogen) atoms. The van der Waals surface area contributed by atoms with Crippen molar-refractivity contribution >= 4 is 5.97 Å². The van der Waals surface area contributed by atoms with Gasteiger partial charge in [0, 0.05) is 18.9 Å². The standard InChI is InChI=1S/C19H20O3/c1-14(2)19(20)22-15(3)21-18-12-8-7-11-17(18)13-16-9-5-4-6-10-16/h4-12,15H,1,13H2,2-3H3. The lowest BCUT2D eigenvalue weighted by molar-refractivity contribution is -0.156. The second-order valence-electron chi connectivity index (χ2n) is 5.14. The van der Waals surface area contributed by atoms with Crippen LogP contribution in [0, 0.1) is 0 Å². The van der Waals surface area contributed by atoms with Gasteiger partial charge >= 0.3 is 5.97 Å². The molecule has 0 saturated heterocycles. The second kappa shape index (κ2) is 7.46. The summed E-state index contributed by atoms with van der Waals surface area (Å²) in [4.78, 5) is 11.5. The Morgan fingerprint density at radius 2 is 1.73 bits per heavy atom. The molecule has 2 aromatic rings. The van der Waals surface area contributed by atoms with E-state index in [1.54, 1.807) is 13.8 Å². The van der Waals surface area contributed by atoms with Gasteiger partial charge in [-0.2, -0.15) is 0 Å². The first-order chi connectivity index (χ1) is 10.6. The van der Waals surface area contributed by atoms with Gasteiger partial charge in [-0.3, -0.25) is 0 Å². The van der Waals surface area contributed by atoms with Crippen LogP contribution in [0.3, 0.4) is 0 Å². The van der Waals surface area contributed by atoms with E-state index in [0.717, 1.165) is 12.0 Å². The lowest BCUT2D eigenvalue weighted by atomic mass is 10.0. The van der Waals surface area contributed by atoms with Crippen molar-refractivity contribution in [2.45, 2.75) is 26.6 Å². The number of carbonyl (C=O) groups excluding carboxylic acids is 1. The molecule has 0 spiro atoms. The van der Waals surface area contributed by atoms with Gasteiger partial charge in [0.1, 0.15) is 5.75 Å². The van der Waals surface area contributed by atoms with Crippen molar-refractivity contribution in [3.8, 4) is 5.75 Å². The Hall–Kier alpha value is -2.55. The summed E-state index contributed by atoms with van der Waals surface area (Å²) in [6.07, 6.45) is 0.0964. The van der Waals surface area contributed by atoms with Crippen LogP contribution in [0.2, 0.25) is 0 Å². The molecule has 3 heteroatoms. The predicted octanol–water partition coefficient (Wildman–Crippen LogP) is 4.12. The summed E-state index contributed by atoms with van der Waals surface area (Å²) in [6, 6.07) is 17.9. The van der Waals surface area contributed by atoms with Gasteiger partial charge in [0.2, 0.25) is 6.29 Å². The minimum absolute atomic E-state index is 0.355. The molecule has 0 saturated carbocycles. The minimum Gasteiger partial charge on any atom is -0.455 e. The maximum absolute atomic E-state index is 11.5. The molecule has 0 fully saturated rings. The molecule has 1 atom stereocenters. The lowest BCUT2D eigenvalue weighted by Gasteiger charge is -2.18. The zero-order valence-corrected chi connectivity index (χ0v) is 12.9. The average molecular weight is 296 g/mol. The third-order valence-corrected chi connectivity index (χ3v) is 3.12. The number of hydrogen-bond donors (Lipinski definition) is 0. The maximum atomic E-state index is 11.5. The van der Waals surface area contributed by atoms with Gasteiger partial charge in [-0.15, -0.1) is 0 Å². The van der Waals surface area contributed by atoms with Crippen LogP contribution >= 0.6 is 0 Å². The largest absolute Gasteiger partial charge is 0.455 e. The van der Waals surface area contributed by atoms with Crippen molar-refractivity contribution in [1.82, 2.24) is 0 Å². The Kier molecular flexibility index (Phi) is 5.37. The van der Waals surface area contributed by atoms with Crippen LogP contribution < -0.4 is 4.74 Å². The number of hydrogen-bond acceptors (Lipinski definition) is 3. The molecule has 0 aliphatic heterocycles. The zero-order chi connectivity index (χ0) is 15.9. The van der Waals surface area contributed by atoms with Crippen LogP contribution in [-0.2, 0) is 16.0 Å². The number of carbonyl (C=O) groups is 1. The molecule has 0 aliphatic carbocycles. The van der Waals surface area contributed by atoms with E-state index in [1.807, 2.05) is 42.5 Å². The highest BCUT2D eigenvalue weighted by Crippen LogP contribution is 2.23. The molecule has 0 N–H and O–H groups in total. The van der Waals surface area contributed by atoms with Crippen molar-refractivity contribution in [2.75, 3.05) is 0 Å². The Balaban J connectivity index is 2.08. The van der Waals surface area contributed by atoms with E-state index in [9.17, 15) is 4.79 Å². The molecule has 0 bridgehead atoms. The van der Waals surface area contributed by atoms with Crippen LogP contribution in [-0.4, -0.2) is 12.3 Å². The van der Waals surface area contributed by atoms with Gasteiger partial charge in [0.15, 0.2) is 0 Å². The molecule has 0 heterocycles. The van der Waals surface area contributed by atoms with E-state index in [4.69, 9.17) is 9.47 Å². The zero-order valence-electron chi connectivity index (χ0n) is 12.9. The molecule has 0 radical (unpaired) electrons. The molecule has 2 aromatic carbocycles. The molecule has 3 nitrogen and oxygen atoms in total. The fourth-order valence-corrected chi connectivity index (χ4v) is 2.03. The summed E-state index contributed by atoms with van der Waals surface area (Å²) >= 11 is 0. The Morgan fingerprint density at radius 3 is 2.41 bits per heavy atom. The average Bonchev–Trinajstić information content (AvgIpc) is 2.50. The number of esters is 1. The smallest absolute Gasteiger partial charge is 0.336 e. The van der Waals surface area contributed by atoms with Crippen molar-refractivity contribution in [2.24, 2.45) is 0 Å². The van der Waals surface area contributed by atoms with E-state index < -0.39 is 12.3 Å². The van der Waals surface area contributed by atoms with Crippen LogP contribution in [0.4, 0.5) is 0 Å². The molecule has 0 amide bonds. The first-order valence-corrected chi connectivity index (χ1v) is 7.21. The third-order valence-electron chi connectivity index (χ3n) is 3.12. The van der Waals surface area contributed by atoms with Crippen LogP contribution in [0.5, 0.6) is 5.75 Å². The highest BCUT2D eigenvalue weighted by molar-refractivity contribution is 5.87. The third kappa shape index (κ3) is 4.48. The van der Waals surface area contributed by atoms with Gasteiger partial charge in [0.25, 0.3) is 0 Å². The molecular formula is C19H20O3. The highest BCUT2D eigenvalue weighted by atomic mass is 16.7. The Morgan fingerprint density at radius 1 is 1.09 bits per heavy atom. The quantitative estimate of drug-likeness (QED) is 0.457. The monoisotopic (exact) mass is 296 g/mol. The second-order valence-corrected chi connectivity index (χ2v) is 5.14. The van der Waals surface area contributed by atoms with E-state index in [1.165, 1.54) is 5.56 Å². The number of para-hydroxylation sites is 1. The SMILES string of the molecule is C=C(C)C(=O)OC(C)Oc1ccccc1Cc1ccccc1. The summed E-state index contributed by atoms with van der Waals surface area (Å²) in [5, 5.41) is 0. The van der Waals surface area contributed by atoms with Gasteiger partial charge in [0.05, 0.1) is 0 Å². The van der Waals surface area contributed by atoms with Crippen molar-refractivity contribution < 1.29 is 14.3 Å². The molecule has 2 rings (SSSR count). The molecule has 114 valence electrons. The van der Waals surface area contributed by atoms with Gasteiger partial charge < -0.3 is 9.47 Å². The fourth-order valence-electron chi connectivity index (χ4n) is 2.03. The first kappa shape index (κ1) is 15.8. The Bertz CT molecular complexity index is 647. The van der Waals surface area contributed by atoms with E-state index in [0.29, 0.717) is 11.3 Å². The van der Waals surface area contributed by atoms with Crippen LogP contribution in [0.1, 0.15) is 25.0 Å². The topological polar surface area (TPSA) is 35.5 Å². The van der Waals surface area contributed by atoms with E-state index in [2.05, 4.69) is 18.7 Å². The first-order valence-electron chi connectivity index (χ1n) is 7.21. The summed E-state index contributed by atoms with van der Waals surface area (Å²) in [5.41, 5.74) is 2.60. The normalized spacial score (nSPS) is 11.5. The highest BCUT2D eigenvalue weighted by Gasteiger charge is 2.13. The van der Waals surface area contributed by atoms with E-state index in [-0.39, 0.29) is 0 Å². The number of rotatable bonds is 6. The molecule has 0 aliphatic rings. The van der Waals surface area contributed by atoms with Crippen molar-refractivity contribution in [3.05, 3.63) is 77.9 Å². The summed E-state index contributed by atoms with van der Waals surface area (Å²) in [7, 11) is 0. The Labute approximate surface area is 131 Å². The maximum Gasteiger partial charge on any atom is 0.336 e. The van der Waals surface area contributed by atoms with Gasteiger partial charge in [-0.05, 0) is 24.1 Å². The lowest BCUT2D eigenvalue weighted by Crippen LogP contribution is -2.21.